The van der Waals surface area contributed by atoms with E-state index >= 15 is 0 Å². The second-order valence-electron chi connectivity index (χ2n) is 8.37. The second kappa shape index (κ2) is 8.29. The highest BCUT2D eigenvalue weighted by atomic mass is 79.9. The Morgan fingerprint density at radius 3 is 1.55 bits per heavy atom. The Morgan fingerprint density at radius 2 is 1.24 bits per heavy atom. The number of epoxide rings is 2. The average molecular weight is 522 g/mol. The highest BCUT2D eigenvalue weighted by Gasteiger charge is 2.29. The Balaban J connectivity index is 1.59. The molecule has 0 spiro atoms. The normalized spacial score (nSPS) is 20.4. The van der Waals surface area contributed by atoms with Crippen LogP contribution in [0.25, 0.3) is 0 Å². The maximum Gasteiger partial charge on any atom is 0.144 e. The molecule has 2 aromatic carbocycles. The molecule has 2 aliphatic heterocycles. The van der Waals surface area contributed by atoms with Crippen LogP contribution < -0.4 is 20.4 Å². The number of hydrogen-bond acceptors (Lipinski definition) is 4. The maximum absolute atomic E-state index is 5.96. The fourth-order valence-electron chi connectivity index (χ4n) is 3.40. The molecule has 2 saturated heterocycles. The second-order valence-corrected chi connectivity index (χ2v) is 10.1. The Morgan fingerprint density at radius 1 is 0.862 bits per heavy atom. The molecular formula is C21H24B2Br2O4. The molecule has 152 valence electrons. The first-order chi connectivity index (χ1) is 13.8. The quantitative estimate of drug-likeness (QED) is 0.391. The van der Waals surface area contributed by atoms with Crippen molar-refractivity contribution >= 4 is 58.5 Å². The summed E-state index contributed by atoms with van der Waals surface area (Å²) in [6, 6.07) is 8.75. The number of ether oxygens (including phenoxy) is 4. The van der Waals surface area contributed by atoms with Crippen LogP contribution in [0.3, 0.4) is 0 Å². The zero-order valence-corrected chi connectivity index (χ0v) is 20.4. The third-order valence-corrected chi connectivity index (χ3v) is 6.71. The lowest BCUT2D eigenvalue weighted by atomic mass is 9.74. The van der Waals surface area contributed by atoms with Crippen molar-refractivity contribution < 1.29 is 18.9 Å². The fraction of sp³-hybridized carbons (Fsp3) is 0.429. The van der Waals surface area contributed by atoms with Crippen LogP contribution in [0.5, 0.6) is 11.5 Å². The van der Waals surface area contributed by atoms with Gasteiger partial charge in [-0.25, -0.2) is 0 Å². The summed E-state index contributed by atoms with van der Waals surface area (Å²) in [6.45, 7) is 7.27. The Hall–Kier alpha value is -0.950. The SMILES string of the molecule is Bc1cc(C(C)(C)c2cc(B)c(OCC3CO3)c(Br)c2)cc(Br)c1OCC1CO1. The van der Waals surface area contributed by atoms with Crippen LogP contribution in [0.2, 0.25) is 0 Å². The van der Waals surface area contributed by atoms with E-state index in [9.17, 15) is 0 Å². The van der Waals surface area contributed by atoms with E-state index < -0.39 is 0 Å². The van der Waals surface area contributed by atoms with Gasteiger partial charge in [0.25, 0.3) is 0 Å². The van der Waals surface area contributed by atoms with Crippen molar-refractivity contribution in [1.82, 2.24) is 0 Å². The minimum Gasteiger partial charge on any atom is -0.490 e. The minimum absolute atomic E-state index is 0.184. The summed E-state index contributed by atoms with van der Waals surface area (Å²) in [5.74, 6) is 1.78. The van der Waals surface area contributed by atoms with Gasteiger partial charge in [0.1, 0.15) is 52.6 Å². The van der Waals surface area contributed by atoms with Gasteiger partial charge in [0.15, 0.2) is 0 Å². The molecule has 2 fully saturated rings. The monoisotopic (exact) mass is 520 g/mol. The van der Waals surface area contributed by atoms with Crippen molar-refractivity contribution in [2.45, 2.75) is 31.5 Å². The number of halogens is 2. The van der Waals surface area contributed by atoms with Gasteiger partial charge < -0.3 is 18.9 Å². The first-order valence-electron chi connectivity index (χ1n) is 9.85. The number of hydrogen-bond donors (Lipinski definition) is 0. The lowest BCUT2D eigenvalue weighted by Gasteiger charge is -2.29. The highest BCUT2D eigenvalue weighted by Crippen LogP contribution is 2.37. The Bertz CT molecular complexity index is 807. The van der Waals surface area contributed by atoms with Crippen molar-refractivity contribution in [1.29, 1.82) is 0 Å². The summed E-state index contributed by atoms with van der Waals surface area (Å²) in [6.07, 6.45) is 0.481. The summed E-state index contributed by atoms with van der Waals surface area (Å²) < 4.78 is 24.4. The molecular weight excluding hydrogens is 498 g/mol. The van der Waals surface area contributed by atoms with Gasteiger partial charge in [-0.1, -0.05) is 26.0 Å². The van der Waals surface area contributed by atoms with Crippen molar-refractivity contribution in [3.8, 4) is 11.5 Å². The Kier molecular flexibility index (Phi) is 6.09. The van der Waals surface area contributed by atoms with Gasteiger partial charge in [0, 0.05) is 5.41 Å². The molecule has 0 bridgehead atoms. The van der Waals surface area contributed by atoms with E-state index in [-0.39, 0.29) is 17.6 Å². The molecule has 29 heavy (non-hydrogen) atoms. The van der Waals surface area contributed by atoms with Crippen LogP contribution in [0.1, 0.15) is 25.0 Å². The van der Waals surface area contributed by atoms with Gasteiger partial charge in [-0.3, -0.25) is 0 Å². The van der Waals surface area contributed by atoms with E-state index in [1.807, 2.05) is 0 Å². The summed E-state index contributed by atoms with van der Waals surface area (Å²) in [4.78, 5) is 0. The molecule has 0 amide bonds. The predicted molar refractivity (Wildman–Crippen MR) is 127 cm³/mol. The van der Waals surface area contributed by atoms with E-state index in [1.165, 1.54) is 11.1 Å². The molecule has 0 aromatic heterocycles. The summed E-state index contributed by atoms with van der Waals surface area (Å²) in [7, 11) is 4.18. The van der Waals surface area contributed by atoms with E-state index in [1.54, 1.807) is 0 Å². The molecule has 8 heteroatoms. The van der Waals surface area contributed by atoms with E-state index in [4.69, 9.17) is 18.9 Å². The summed E-state index contributed by atoms with van der Waals surface area (Å²) >= 11 is 7.41. The smallest absolute Gasteiger partial charge is 0.144 e. The van der Waals surface area contributed by atoms with Crippen molar-refractivity contribution in [2.24, 2.45) is 0 Å². The van der Waals surface area contributed by atoms with Crippen LogP contribution in [-0.2, 0) is 14.9 Å². The van der Waals surface area contributed by atoms with Gasteiger partial charge >= 0.3 is 0 Å². The largest absolute Gasteiger partial charge is 0.490 e. The first kappa shape index (κ1) is 21.3. The van der Waals surface area contributed by atoms with Crippen LogP contribution in [0.15, 0.2) is 33.2 Å². The highest BCUT2D eigenvalue weighted by molar-refractivity contribution is 9.11. The fourth-order valence-corrected chi connectivity index (χ4v) is 4.74. The van der Waals surface area contributed by atoms with Gasteiger partial charge in [-0.2, -0.15) is 0 Å². The molecule has 4 nitrogen and oxygen atoms in total. The van der Waals surface area contributed by atoms with E-state index in [0.29, 0.717) is 13.2 Å². The Labute approximate surface area is 190 Å². The standard InChI is InChI=1S/C21H24B2Br2O4/c1-21(2,11-3-15(22)19(17(24)5-11)28-9-13-7-26-13)12-4-16(23)20(18(25)6-12)29-10-14-8-27-14/h3-6,13-14H,7-10,22-23H2,1-2H3. The lowest BCUT2D eigenvalue weighted by Crippen LogP contribution is -2.25. The molecule has 0 saturated carbocycles. The number of benzene rings is 2. The van der Waals surface area contributed by atoms with Crippen molar-refractivity contribution in [3.05, 3.63) is 44.3 Å². The van der Waals surface area contributed by atoms with Gasteiger partial charge in [0.05, 0.1) is 22.2 Å². The average Bonchev–Trinajstić information content (AvgIpc) is 3.54. The van der Waals surface area contributed by atoms with E-state index in [2.05, 4.69) is 85.7 Å². The van der Waals surface area contributed by atoms with Crippen LogP contribution in [0.4, 0.5) is 0 Å². The molecule has 2 aliphatic rings. The van der Waals surface area contributed by atoms with Crippen LogP contribution in [0, 0.1) is 0 Å². The van der Waals surface area contributed by atoms with Crippen molar-refractivity contribution in [2.75, 3.05) is 26.4 Å². The molecule has 2 aromatic rings. The third-order valence-electron chi connectivity index (χ3n) is 5.53. The first-order valence-corrected chi connectivity index (χ1v) is 11.4. The van der Waals surface area contributed by atoms with Gasteiger partial charge in [-0.15, -0.1) is 0 Å². The maximum atomic E-state index is 5.96. The topological polar surface area (TPSA) is 43.5 Å². The van der Waals surface area contributed by atoms with Gasteiger partial charge in [-0.05, 0) is 66.0 Å². The molecule has 0 N–H and O–H groups in total. The molecule has 2 heterocycles. The lowest BCUT2D eigenvalue weighted by molar-refractivity contribution is 0.263. The third kappa shape index (κ3) is 4.87. The molecule has 4 rings (SSSR count). The zero-order chi connectivity index (χ0) is 20.8. The summed E-state index contributed by atoms with van der Waals surface area (Å²) in [5, 5.41) is 0. The predicted octanol–water partition coefficient (Wildman–Crippen LogP) is 1.61. The van der Waals surface area contributed by atoms with Crippen molar-refractivity contribution in [3.63, 3.8) is 0 Å². The van der Waals surface area contributed by atoms with E-state index in [0.717, 1.165) is 44.6 Å². The molecule has 0 radical (unpaired) electrons. The minimum atomic E-state index is -0.184. The molecule has 2 unspecified atom stereocenters. The van der Waals surface area contributed by atoms with Crippen LogP contribution in [-0.4, -0.2) is 54.3 Å². The van der Waals surface area contributed by atoms with Gasteiger partial charge in [0.2, 0.25) is 0 Å². The van der Waals surface area contributed by atoms with Crippen LogP contribution >= 0.6 is 31.9 Å². The zero-order valence-electron chi connectivity index (χ0n) is 17.2. The number of rotatable bonds is 8. The molecule has 0 aliphatic carbocycles. The molecule has 2 atom stereocenters. The summed E-state index contributed by atoms with van der Waals surface area (Å²) in [5.41, 5.74) is 4.50.